The number of nitrogens with zero attached hydrogens (tertiary/aromatic N) is 8. The molecule has 5 aromatic rings. The number of hydrogen-bond acceptors (Lipinski definition) is 17. The molecular formula is C48H61F3N10O11. The number of rotatable bonds is 37. The Balaban J connectivity index is 0.881. The number of alkyl halides is 3. The maximum atomic E-state index is 13.8. The van der Waals surface area contributed by atoms with Crippen molar-refractivity contribution in [2.75, 3.05) is 143 Å². The van der Waals surface area contributed by atoms with Crippen molar-refractivity contribution in [3.05, 3.63) is 112 Å². The quantitative estimate of drug-likeness (QED) is 0.0173. The maximum Gasteiger partial charge on any atom is 0.416 e. The van der Waals surface area contributed by atoms with Crippen molar-refractivity contribution >= 4 is 23.2 Å². The van der Waals surface area contributed by atoms with Gasteiger partial charge < -0.3 is 62.6 Å². The van der Waals surface area contributed by atoms with Gasteiger partial charge in [0.25, 0.3) is 5.91 Å². The minimum absolute atomic E-state index is 0.0315. The molecule has 0 spiro atoms. The molecule has 0 bridgehead atoms. The van der Waals surface area contributed by atoms with Gasteiger partial charge in [0.15, 0.2) is 0 Å². The van der Waals surface area contributed by atoms with E-state index in [1.54, 1.807) is 62.0 Å². The van der Waals surface area contributed by atoms with E-state index in [0.29, 0.717) is 154 Å². The highest BCUT2D eigenvalue weighted by atomic mass is 19.4. The van der Waals surface area contributed by atoms with Crippen molar-refractivity contribution in [3.8, 4) is 22.7 Å². The van der Waals surface area contributed by atoms with Crippen LogP contribution in [-0.4, -0.2) is 162 Å². The molecule has 0 fully saturated rings. The summed E-state index contributed by atoms with van der Waals surface area (Å²) in [4.78, 5) is 33.4. The van der Waals surface area contributed by atoms with Crippen molar-refractivity contribution in [2.45, 2.75) is 20.0 Å². The second kappa shape index (κ2) is 32.6. The van der Waals surface area contributed by atoms with Crippen molar-refractivity contribution in [2.24, 2.45) is 5.11 Å². The average molecular weight is 1010 g/mol. The standard InChI is InChI=1S/C48H61F3N10O11/c1-36-3-4-38(46(62)57-41-29-40(48(49,50)51)30-42(31-41)61-34-37(2)55-35-61)28-45(36)59-47-54-6-5-44(58-47)39-27-43(33-53-32-39)72-26-25-71-24-23-70-22-21-69-20-19-68-18-17-67-16-15-66-14-13-65-12-11-64-10-9-63-8-7-56-60-52/h3-6,27-35H,7-26H2,1-2H3,(H,57,62)(H,54,58,59). The van der Waals surface area contributed by atoms with Crippen LogP contribution in [0.5, 0.6) is 5.75 Å². The van der Waals surface area contributed by atoms with E-state index in [2.05, 4.69) is 40.6 Å². The van der Waals surface area contributed by atoms with Crippen LogP contribution in [0.3, 0.4) is 0 Å². The molecule has 3 aromatic heterocycles. The predicted octanol–water partition coefficient (Wildman–Crippen LogP) is 7.19. The highest BCUT2D eigenvalue weighted by Gasteiger charge is 2.31. The number of imidazole rings is 1. The number of aromatic nitrogens is 5. The first-order valence-corrected chi connectivity index (χ1v) is 23.1. The molecule has 0 aliphatic heterocycles. The van der Waals surface area contributed by atoms with Crippen molar-refractivity contribution in [1.29, 1.82) is 0 Å². The van der Waals surface area contributed by atoms with Gasteiger partial charge in [0.1, 0.15) is 12.4 Å². The van der Waals surface area contributed by atoms with Crippen LogP contribution in [0.4, 0.5) is 30.5 Å². The monoisotopic (exact) mass is 1010 g/mol. The summed E-state index contributed by atoms with van der Waals surface area (Å²) in [7, 11) is 0. The Hall–Kier alpha value is -6.31. The average Bonchev–Trinajstić information content (AvgIpc) is 3.82. The number of halogens is 3. The van der Waals surface area contributed by atoms with E-state index >= 15 is 0 Å². The number of anilines is 3. The zero-order chi connectivity index (χ0) is 51.1. The van der Waals surface area contributed by atoms with Gasteiger partial charge in [-0.25, -0.2) is 15.0 Å². The van der Waals surface area contributed by atoms with Crippen LogP contribution < -0.4 is 15.4 Å². The topological polar surface area (TPSA) is 239 Å². The lowest BCUT2D eigenvalue weighted by atomic mass is 10.1. The minimum Gasteiger partial charge on any atom is -0.490 e. The molecule has 0 saturated carbocycles. The van der Waals surface area contributed by atoms with Gasteiger partial charge in [-0.2, -0.15) is 13.2 Å². The summed E-state index contributed by atoms with van der Waals surface area (Å²) in [5.74, 6) is 0.144. The van der Waals surface area contributed by atoms with E-state index in [1.807, 2.05) is 6.92 Å². The summed E-state index contributed by atoms with van der Waals surface area (Å²) in [6.45, 7) is 11.9. The Labute approximate surface area is 415 Å². The summed E-state index contributed by atoms with van der Waals surface area (Å²) in [5.41, 5.74) is 10.8. The van der Waals surface area contributed by atoms with Gasteiger partial charge >= 0.3 is 6.18 Å². The van der Waals surface area contributed by atoms with Crippen LogP contribution in [-0.2, 0) is 48.8 Å². The first kappa shape index (κ1) is 56.6. The molecule has 3 heterocycles. The van der Waals surface area contributed by atoms with Crippen molar-refractivity contribution in [1.82, 2.24) is 24.5 Å². The number of carbonyl (C=O) groups excluding carboxylic acids is 1. The molecule has 24 heteroatoms. The molecular weight excluding hydrogens is 950 g/mol. The molecule has 2 aromatic carbocycles. The molecule has 2 N–H and O–H groups in total. The van der Waals surface area contributed by atoms with E-state index in [-0.39, 0.29) is 29.5 Å². The van der Waals surface area contributed by atoms with E-state index < -0.39 is 17.6 Å². The molecule has 1 amide bonds. The summed E-state index contributed by atoms with van der Waals surface area (Å²) in [6, 6.07) is 11.7. The largest absolute Gasteiger partial charge is 0.490 e. The highest BCUT2D eigenvalue weighted by Crippen LogP contribution is 2.33. The number of aryl methyl sites for hydroxylation is 2. The molecule has 0 unspecified atom stereocenters. The number of amides is 1. The highest BCUT2D eigenvalue weighted by molar-refractivity contribution is 6.05. The summed E-state index contributed by atoms with van der Waals surface area (Å²) >= 11 is 0. The third-order valence-electron chi connectivity index (χ3n) is 9.79. The lowest BCUT2D eigenvalue weighted by Crippen LogP contribution is -2.15. The summed E-state index contributed by atoms with van der Waals surface area (Å²) in [5, 5.41) is 9.13. The van der Waals surface area contributed by atoms with Crippen LogP contribution in [0.15, 0.2) is 84.8 Å². The van der Waals surface area contributed by atoms with Crippen LogP contribution in [0.2, 0.25) is 0 Å². The molecule has 0 atom stereocenters. The Morgan fingerprint density at radius 3 is 1.81 bits per heavy atom. The maximum absolute atomic E-state index is 13.8. The molecule has 0 saturated heterocycles. The first-order chi connectivity index (χ1) is 35.1. The molecule has 72 heavy (non-hydrogen) atoms. The molecule has 0 radical (unpaired) electrons. The Morgan fingerprint density at radius 1 is 0.694 bits per heavy atom. The van der Waals surface area contributed by atoms with E-state index in [4.69, 9.17) is 52.9 Å². The Morgan fingerprint density at radius 2 is 1.26 bits per heavy atom. The number of azide groups is 1. The molecule has 5 rings (SSSR count). The van der Waals surface area contributed by atoms with Gasteiger partial charge in [0.2, 0.25) is 5.95 Å². The third-order valence-corrected chi connectivity index (χ3v) is 9.79. The van der Waals surface area contributed by atoms with Crippen LogP contribution >= 0.6 is 0 Å². The van der Waals surface area contributed by atoms with E-state index in [9.17, 15) is 18.0 Å². The van der Waals surface area contributed by atoms with Crippen LogP contribution in [0.1, 0.15) is 27.2 Å². The first-order valence-electron chi connectivity index (χ1n) is 23.1. The number of ether oxygens (including phenoxy) is 10. The van der Waals surface area contributed by atoms with Crippen molar-refractivity contribution in [3.63, 3.8) is 0 Å². The second-order valence-electron chi connectivity index (χ2n) is 15.3. The molecule has 21 nitrogen and oxygen atoms in total. The number of hydrogen-bond donors (Lipinski definition) is 2. The SMILES string of the molecule is Cc1cn(-c2cc(NC(=O)c3ccc(C)c(Nc4nccc(-c5cncc(OCCOCCOCCOCCOCCOCCOCCOCCOCCOCCN=[N+]=[N-])c5)n4)c3)cc(C(F)(F)F)c2)cn1. The van der Waals surface area contributed by atoms with E-state index in [0.717, 1.165) is 17.7 Å². The lowest BCUT2D eigenvalue weighted by Gasteiger charge is -2.14. The zero-order valence-electron chi connectivity index (χ0n) is 40.4. The predicted molar refractivity (Wildman–Crippen MR) is 258 cm³/mol. The molecule has 0 aliphatic carbocycles. The molecule has 0 aliphatic rings. The van der Waals surface area contributed by atoms with Gasteiger partial charge in [-0.1, -0.05) is 11.2 Å². The second-order valence-corrected chi connectivity index (χ2v) is 15.3. The van der Waals surface area contributed by atoms with E-state index in [1.165, 1.54) is 17.0 Å². The van der Waals surface area contributed by atoms with Crippen LogP contribution in [0.25, 0.3) is 27.4 Å². The third kappa shape index (κ3) is 22.0. The van der Waals surface area contributed by atoms with Crippen LogP contribution in [0, 0.1) is 13.8 Å². The van der Waals surface area contributed by atoms with Crippen molar-refractivity contribution < 1.29 is 65.3 Å². The Bertz CT molecular complexity index is 2410. The minimum atomic E-state index is -4.64. The fourth-order valence-corrected chi connectivity index (χ4v) is 6.23. The smallest absolute Gasteiger partial charge is 0.416 e. The number of nitrogens with one attached hydrogen (secondary N) is 2. The number of pyridine rings is 1. The Kier molecular flexibility index (Phi) is 25.6. The number of benzene rings is 2. The lowest BCUT2D eigenvalue weighted by molar-refractivity contribution is -0.137. The number of carbonyl (C=O) groups is 1. The molecule has 390 valence electrons. The van der Waals surface area contributed by atoms with Gasteiger partial charge in [0.05, 0.1) is 148 Å². The van der Waals surface area contributed by atoms with Gasteiger partial charge in [-0.3, -0.25) is 9.78 Å². The van der Waals surface area contributed by atoms with Gasteiger partial charge in [-0.15, -0.1) is 0 Å². The fraction of sp³-hybridized carbons (Fsp3) is 0.479. The fourth-order valence-electron chi connectivity index (χ4n) is 6.23. The summed E-state index contributed by atoms with van der Waals surface area (Å²) < 4.78 is 98.0. The van der Waals surface area contributed by atoms with Gasteiger partial charge in [0, 0.05) is 58.2 Å². The zero-order valence-corrected chi connectivity index (χ0v) is 40.4. The van der Waals surface area contributed by atoms with Gasteiger partial charge in [-0.05, 0) is 67.4 Å². The summed E-state index contributed by atoms with van der Waals surface area (Å²) in [6.07, 6.45) is 3.16. The normalized spacial score (nSPS) is 11.4.